The van der Waals surface area contributed by atoms with Crippen LogP contribution in [-0.2, 0) is 4.79 Å². The van der Waals surface area contributed by atoms with Gasteiger partial charge in [0.05, 0.1) is 6.04 Å². The van der Waals surface area contributed by atoms with Gasteiger partial charge >= 0.3 is 0 Å². The second-order valence-corrected chi connectivity index (χ2v) is 6.34. The summed E-state index contributed by atoms with van der Waals surface area (Å²) < 4.78 is 1.88. The van der Waals surface area contributed by atoms with Crippen molar-refractivity contribution >= 4 is 5.91 Å². The molecule has 0 bridgehead atoms. The third-order valence-electron chi connectivity index (χ3n) is 4.81. The monoisotopic (exact) mass is 327 g/mol. The summed E-state index contributed by atoms with van der Waals surface area (Å²) in [5.41, 5.74) is 1.05. The molecule has 24 heavy (non-hydrogen) atoms. The van der Waals surface area contributed by atoms with Crippen LogP contribution in [0.1, 0.15) is 37.4 Å². The first-order valence-corrected chi connectivity index (χ1v) is 8.58. The summed E-state index contributed by atoms with van der Waals surface area (Å²) in [4.78, 5) is 21.4. The van der Waals surface area contributed by atoms with E-state index in [9.17, 15) is 4.79 Å². The summed E-state index contributed by atoms with van der Waals surface area (Å²) in [7, 11) is 2.01. The molecule has 1 amide bonds. The van der Waals surface area contributed by atoms with Crippen LogP contribution in [0.15, 0.2) is 43.0 Å². The van der Waals surface area contributed by atoms with E-state index in [0.29, 0.717) is 6.54 Å². The van der Waals surface area contributed by atoms with E-state index in [0.717, 1.165) is 31.5 Å². The van der Waals surface area contributed by atoms with Crippen LogP contribution in [0, 0.1) is 0 Å². The smallest absolute Gasteiger partial charge is 0.244 e. The van der Waals surface area contributed by atoms with Crippen LogP contribution in [0.2, 0.25) is 0 Å². The third-order valence-corrected chi connectivity index (χ3v) is 4.81. The van der Waals surface area contributed by atoms with Gasteiger partial charge in [0.25, 0.3) is 0 Å². The number of aromatic nitrogens is 3. The number of nitrogens with zero attached hydrogens (tertiary/aromatic N) is 5. The highest BCUT2D eigenvalue weighted by molar-refractivity contribution is 5.83. The van der Waals surface area contributed by atoms with Crippen molar-refractivity contribution in [3.63, 3.8) is 0 Å². The fourth-order valence-electron chi connectivity index (χ4n) is 3.35. The number of likely N-dealkylation sites (tertiary alicyclic amines) is 1. The van der Waals surface area contributed by atoms with E-state index >= 15 is 0 Å². The van der Waals surface area contributed by atoms with Crippen molar-refractivity contribution in [2.75, 3.05) is 26.7 Å². The number of rotatable bonds is 5. The molecule has 2 atom stereocenters. The van der Waals surface area contributed by atoms with Crippen molar-refractivity contribution in [1.82, 2.24) is 24.6 Å². The molecule has 0 spiro atoms. The molecular formula is C18H25N5O. The Bertz CT molecular complexity index is 643. The number of hydrogen-bond donors (Lipinski definition) is 0. The predicted molar refractivity (Wildman–Crippen MR) is 92.4 cm³/mol. The molecule has 1 aliphatic rings. The Morgan fingerprint density at radius 3 is 2.83 bits per heavy atom. The minimum atomic E-state index is -0.231. The molecule has 3 rings (SSSR count). The molecule has 6 heteroatoms. The van der Waals surface area contributed by atoms with Gasteiger partial charge in [0.15, 0.2) is 0 Å². The van der Waals surface area contributed by atoms with Crippen molar-refractivity contribution in [3.8, 4) is 0 Å². The zero-order chi connectivity index (χ0) is 16.9. The van der Waals surface area contributed by atoms with Crippen LogP contribution in [-0.4, -0.2) is 57.2 Å². The van der Waals surface area contributed by atoms with Crippen LogP contribution in [0.3, 0.4) is 0 Å². The lowest BCUT2D eigenvalue weighted by Gasteiger charge is -2.37. The van der Waals surface area contributed by atoms with Gasteiger partial charge in [0, 0.05) is 13.1 Å². The lowest BCUT2D eigenvalue weighted by atomic mass is 10.0. The average molecular weight is 327 g/mol. The Kier molecular flexibility index (Phi) is 5.25. The molecular weight excluding hydrogens is 302 g/mol. The van der Waals surface area contributed by atoms with E-state index in [1.54, 1.807) is 12.7 Å². The number of benzene rings is 1. The van der Waals surface area contributed by atoms with Crippen molar-refractivity contribution < 1.29 is 4.79 Å². The molecule has 0 saturated carbocycles. The number of carbonyl (C=O) groups excluding carboxylic acids is 1. The Hall–Kier alpha value is -2.21. The number of piperidine rings is 1. The Labute approximate surface area is 143 Å². The van der Waals surface area contributed by atoms with Crippen molar-refractivity contribution in [2.45, 2.75) is 31.8 Å². The van der Waals surface area contributed by atoms with Crippen LogP contribution >= 0.6 is 0 Å². The van der Waals surface area contributed by atoms with Gasteiger partial charge in [0.1, 0.15) is 18.7 Å². The fourth-order valence-corrected chi connectivity index (χ4v) is 3.35. The predicted octanol–water partition coefficient (Wildman–Crippen LogP) is 2.13. The molecule has 2 aromatic rings. The van der Waals surface area contributed by atoms with Crippen molar-refractivity contribution in [1.29, 1.82) is 0 Å². The summed E-state index contributed by atoms with van der Waals surface area (Å²) in [5.74, 6) is 0.176. The highest BCUT2D eigenvalue weighted by Gasteiger charge is 2.32. The van der Waals surface area contributed by atoms with Gasteiger partial charge in [0.2, 0.25) is 5.91 Å². The largest absolute Gasteiger partial charge is 0.339 e. The Morgan fingerprint density at radius 1 is 1.38 bits per heavy atom. The standard InChI is InChI=1S/C18H25N5O/c1-3-21(2)17(15-8-5-4-6-9-15)18(24)22-11-7-10-16(12-22)23-14-19-13-20-23/h4-6,8-9,13-14,16-17H,3,7,10-12H2,1-2H3/t16-,17+/m0/s1. The number of hydrogen-bond acceptors (Lipinski definition) is 4. The van der Waals surface area contributed by atoms with Gasteiger partial charge in [-0.25, -0.2) is 9.67 Å². The molecule has 0 aliphatic carbocycles. The molecule has 2 heterocycles. The van der Waals surface area contributed by atoms with Gasteiger partial charge in [-0.3, -0.25) is 9.69 Å². The summed E-state index contributed by atoms with van der Waals surface area (Å²) in [6.45, 7) is 4.41. The maximum atomic E-state index is 13.3. The number of likely N-dealkylation sites (N-methyl/N-ethyl adjacent to an activating group) is 1. The van der Waals surface area contributed by atoms with Crippen LogP contribution in [0.25, 0.3) is 0 Å². The van der Waals surface area contributed by atoms with E-state index in [1.165, 1.54) is 0 Å². The molecule has 1 aliphatic heterocycles. The lowest BCUT2D eigenvalue weighted by Crippen LogP contribution is -2.46. The highest BCUT2D eigenvalue weighted by Crippen LogP contribution is 2.26. The SMILES string of the molecule is CCN(C)[C@@H](C(=O)N1CCC[C@H](n2cncn2)C1)c1ccccc1. The fraction of sp³-hybridized carbons (Fsp3) is 0.500. The number of carbonyl (C=O) groups is 1. The quantitative estimate of drug-likeness (QED) is 0.844. The van der Waals surface area contributed by atoms with Gasteiger partial charge in [-0.2, -0.15) is 5.10 Å². The van der Waals surface area contributed by atoms with Crippen LogP contribution in [0.5, 0.6) is 0 Å². The zero-order valence-electron chi connectivity index (χ0n) is 14.4. The molecule has 0 unspecified atom stereocenters. The minimum Gasteiger partial charge on any atom is -0.339 e. The van der Waals surface area contributed by atoms with E-state index in [-0.39, 0.29) is 18.0 Å². The molecule has 128 valence electrons. The molecule has 1 aromatic heterocycles. The Morgan fingerprint density at radius 2 is 2.17 bits per heavy atom. The van der Waals surface area contributed by atoms with E-state index in [2.05, 4.69) is 21.9 Å². The minimum absolute atomic E-state index is 0.176. The first-order chi connectivity index (χ1) is 11.7. The van der Waals surface area contributed by atoms with E-state index in [4.69, 9.17) is 0 Å². The zero-order valence-corrected chi connectivity index (χ0v) is 14.4. The normalized spacial score (nSPS) is 19.5. The van der Waals surface area contributed by atoms with Gasteiger partial charge < -0.3 is 4.90 Å². The lowest BCUT2D eigenvalue weighted by molar-refractivity contribution is -0.138. The second kappa shape index (κ2) is 7.57. The van der Waals surface area contributed by atoms with Gasteiger partial charge in [-0.15, -0.1) is 0 Å². The molecule has 0 radical (unpaired) electrons. The summed E-state index contributed by atoms with van der Waals surface area (Å²) >= 11 is 0. The number of amides is 1. The van der Waals surface area contributed by atoms with Crippen LogP contribution < -0.4 is 0 Å². The Balaban J connectivity index is 1.79. The van der Waals surface area contributed by atoms with Crippen molar-refractivity contribution in [2.24, 2.45) is 0 Å². The van der Waals surface area contributed by atoms with E-state index < -0.39 is 0 Å². The summed E-state index contributed by atoms with van der Waals surface area (Å²) in [6.07, 6.45) is 5.32. The first kappa shape index (κ1) is 16.6. The highest BCUT2D eigenvalue weighted by atomic mass is 16.2. The summed E-state index contributed by atoms with van der Waals surface area (Å²) in [5, 5.41) is 4.25. The summed E-state index contributed by atoms with van der Waals surface area (Å²) in [6, 6.07) is 10.0. The third kappa shape index (κ3) is 3.48. The topological polar surface area (TPSA) is 54.3 Å². The molecule has 1 aromatic carbocycles. The van der Waals surface area contributed by atoms with Crippen LogP contribution in [0.4, 0.5) is 0 Å². The molecule has 6 nitrogen and oxygen atoms in total. The molecule has 1 saturated heterocycles. The van der Waals surface area contributed by atoms with E-state index in [1.807, 2.05) is 47.0 Å². The second-order valence-electron chi connectivity index (χ2n) is 6.34. The molecule has 0 N–H and O–H groups in total. The van der Waals surface area contributed by atoms with Gasteiger partial charge in [-0.1, -0.05) is 37.3 Å². The first-order valence-electron chi connectivity index (χ1n) is 8.58. The van der Waals surface area contributed by atoms with Gasteiger partial charge in [-0.05, 0) is 32.0 Å². The maximum Gasteiger partial charge on any atom is 0.244 e. The average Bonchev–Trinajstić information content (AvgIpc) is 3.17. The van der Waals surface area contributed by atoms with Crippen molar-refractivity contribution in [3.05, 3.63) is 48.5 Å². The molecule has 1 fully saturated rings. The maximum absolute atomic E-state index is 13.3.